The zero-order valence-electron chi connectivity index (χ0n) is 18.0. The standard InChI is InChI=1S/C25H18N6O2S/c1-33-24(32)17-13-11-16(12-14-17)22-20(23-26-18-9-5-6-10-19(18)34-23)21(15-7-3-2-4-8-15)27-25-28-29-30-31(22)25/h2-14,22H,1H3,(H,27,28,30)/t22-/m1/s1. The third kappa shape index (κ3) is 3.34. The first-order valence-electron chi connectivity index (χ1n) is 10.6. The van der Waals surface area contributed by atoms with E-state index in [-0.39, 0.29) is 12.0 Å². The summed E-state index contributed by atoms with van der Waals surface area (Å²) in [5.74, 6) is 0.151. The van der Waals surface area contributed by atoms with Crippen molar-refractivity contribution in [2.45, 2.75) is 6.04 Å². The average Bonchev–Trinajstić information content (AvgIpc) is 3.54. The van der Waals surface area contributed by atoms with Gasteiger partial charge >= 0.3 is 5.97 Å². The van der Waals surface area contributed by atoms with Crippen molar-refractivity contribution in [1.82, 2.24) is 25.2 Å². The van der Waals surface area contributed by atoms with Gasteiger partial charge in [0, 0.05) is 5.57 Å². The van der Waals surface area contributed by atoms with Crippen molar-refractivity contribution in [3.05, 3.63) is 101 Å². The Morgan fingerprint density at radius 1 is 1.00 bits per heavy atom. The summed E-state index contributed by atoms with van der Waals surface area (Å²) < 4.78 is 7.71. The van der Waals surface area contributed by atoms with E-state index in [1.165, 1.54) is 7.11 Å². The highest BCUT2D eigenvalue weighted by molar-refractivity contribution is 7.19. The maximum absolute atomic E-state index is 12.0. The van der Waals surface area contributed by atoms with Crippen molar-refractivity contribution in [1.29, 1.82) is 0 Å². The lowest BCUT2D eigenvalue weighted by molar-refractivity contribution is 0.0600. The van der Waals surface area contributed by atoms with Gasteiger partial charge in [-0.2, -0.15) is 4.68 Å². The topological polar surface area (TPSA) is 94.8 Å². The first kappa shape index (κ1) is 20.3. The lowest BCUT2D eigenvalue weighted by atomic mass is 9.92. The second-order valence-electron chi connectivity index (χ2n) is 7.73. The third-order valence-electron chi connectivity index (χ3n) is 5.75. The van der Waals surface area contributed by atoms with Crippen molar-refractivity contribution in [2.75, 3.05) is 12.4 Å². The van der Waals surface area contributed by atoms with Crippen molar-refractivity contribution in [2.24, 2.45) is 0 Å². The molecule has 6 rings (SSSR count). The van der Waals surface area contributed by atoms with Gasteiger partial charge in [0.25, 0.3) is 0 Å². The molecule has 0 unspecified atom stereocenters. The summed E-state index contributed by atoms with van der Waals surface area (Å²) in [6, 6.07) is 25.1. The molecule has 9 heteroatoms. The van der Waals surface area contributed by atoms with Crippen LogP contribution < -0.4 is 5.32 Å². The number of fused-ring (bicyclic) bond motifs is 2. The van der Waals surface area contributed by atoms with E-state index in [1.54, 1.807) is 28.2 Å². The van der Waals surface area contributed by atoms with Crippen LogP contribution in [0.4, 0.5) is 5.95 Å². The Morgan fingerprint density at radius 3 is 2.53 bits per heavy atom. The molecule has 1 aliphatic rings. The molecule has 0 radical (unpaired) electrons. The summed E-state index contributed by atoms with van der Waals surface area (Å²) in [7, 11) is 1.37. The molecule has 3 aromatic carbocycles. The Balaban J connectivity index is 1.60. The van der Waals surface area contributed by atoms with Crippen LogP contribution in [0.3, 0.4) is 0 Å². The molecular weight excluding hydrogens is 448 g/mol. The molecule has 0 saturated heterocycles. The highest BCUT2D eigenvalue weighted by Crippen LogP contribution is 2.45. The first-order valence-corrected chi connectivity index (χ1v) is 11.4. The smallest absolute Gasteiger partial charge is 0.337 e. The van der Waals surface area contributed by atoms with Gasteiger partial charge in [0.15, 0.2) is 0 Å². The van der Waals surface area contributed by atoms with Gasteiger partial charge in [0.05, 0.1) is 28.6 Å². The fourth-order valence-electron chi connectivity index (χ4n) is 4.16. The lowest BCUT2D eigenvalue weighted by Gasteiger charge is -2.29. The van der Waals surface area contributed by atoms with E-state index in [9.17, 15) is 4.79 Å². The molecule has 0 saturated carbocycles. The zero-order valence-corrected chi connectivity index (χ0v) is 18.9. The molecule has 1 N–H and O–H groups in total. The number of nitrogens with zero attached hydrogens (tertiary/aromatic N) is 5. The summed E-state index contributed by atoms with van der Waals surface area (Å²) in [6.45, 7) is 0. The summed E-state index contributed by atoms with van der Waals surface area (Å²) in [5.41, 5.74) is 5.19. The van der Waals surface area contributed by atoms with E-state index in [0.717, 1.165) is 37.6 Å². The predicted octanol–water partition coefficient (Wildman–Crippen LogP) is 4.65. The van der Waals surface area contributed by atoms with Crippen molar-refractivity contribution in [3.63, 3.8) is 0 Å². The molecule has 34 heavy (non-hydrogen) atoms. The number of hydrogen-bond donors (Lipinski definition) is 1. The maximum Gasteiger partial charge on any atom is 0.337 e. The second-order valence-corrected chi connectivity index (χ2v) is 8.76. The minimum absolute atomic E-state index is 0.353. The minimum atomic E-state index is -0.383. The summed E-state index contributed by atoms with van der Waals surface area (Å²) >= 11 is 1.62. The van der Waals surface area contributed by atoms with E-state index >= 15 is 0 Å². The molecular formula is C25H18N6O2S. The average molecular weight is 467 g/mol. The van der Waals surface area contributed by atoms with Gasteiger partial charge in [-0.05, 0) is 45.8 Å². The van der Waals surface area contributed by atoms with Crippen LogP contribution in [-0.2, 0) is 4.74 Å². The van der Waals surface area contributed by atoms with E-state index in [0.29, 0.717) is 11.5 Å². The Hall–Kier alpha value is -4.37. The number of carbonyl (C=O) groups excluding carboxylic acids is 1. The maximum atomic E-state index is 12.0. The number of nitrogens with one attached hydrogen (secondary N) is 1. The molecule has 3 heterocycles. The van der Waals surface area contributed by atoms with Gasteiger partial charge in [-0.25, -0.2) is 9.78 Å². The van der Waals surface area contributed by atoms with Crippen LogP contribution in [0.1, 0.15) is 32.5 Å². The van der Waals surface area contributed by atoms with Gasteiger partial charge in [-0.3, -0.25) is 0 Å². The third-order valence-corrected chi connectivity index (χ3v) is 6.82. The minimum Gasteiger partial charge on any atom is -0.465 e. The number of benzene rings is 3. The molecule has 0 fully saturated rings. The molecule has 1 atom stereocenters. The number of allylic oxidation sites excluding steroid dienone is 1. The number of ether oxygens (including phenoxy) is 1. The fraction of sp³-hybridized carbons (Fsp3) is 0.0800. The van der Waals surface area contributed by atoms with Gasteiger partial charge in [0.2, 0.25) is 5.95 Å². The molecule has 0 amide bonds. The summed E-state index contributed by atoms with van der Waals surface area (Å²) in [6.07, 6.45) is 0. The largest absolute Gasteiger partial charge is 0.465 e. The van der Waals surface area contributed by atoms with Crippen LogP contribution in [0.25, 0.3) is 21.5 Å². The predicted molar refractivity (Wildman–Crippen MR) is 130 cm³/mol. The van der Waals surface area contributed by atoms with Crippen LogP contribution in [0.15, 0.2) is 78.9 Å². The first-order chi connectivity index (χ1) is 16.7. The van der Waals surface area contributed by atoms with E-state index < -0.39 is 0 Å². The van der Waals surface area contributed by atoms with Gasteiger partial charge in [-0.1, -0.05) is 59.7 Å². The number of carbonyl (C=O) groups is 1. The molecule has 0 spiro atoms. The lowest BCUT2D eigenvalue weighted by Crippen LogP contribution is -2.24. The number of thiazole rings is 1. The van der Waals surface area contributed by atoms with E-state index in [1.807, 2.05) is 60.7 Å². The van der Waals surface area contributed by atoms with E-state index in [4.69, 9.17) is 9.72 Å². The highest BCUT2D eigenvalue weighted by atomic mass is 32.1. The number of esters is 1. The summed E-state index contributed by atoms with van der Waals surface area (Å²) in [5, 5.41) is 16.7. The number of para-hydroxylation sites is 1. The summed E-state index contributed by atoms with van der Waals surface area (Å²) in [4.78, 5) is 17.0. The molecule has 0 aliphatic carbocycles. The number of methoxy groups -OCH3 is 1. The normalized spacial score (nSPS) is 15.1. The Bertz CT molecular complexity index is 1510. The second kappa shape index (κ2) is 8.20. The van der Waals surface area contributed by atoms with Crippen LogP contribution in [0.2, 0.25) is 0 Å². The Morgan fingerprint density at radius 2 is 1.76 bits per heavy atom. The quantitative estimate of drug-likeness (QED) is 0.385. The van der Waals surface area contributed by atoms with Crippen LogP contribution >= 0.6 is 11.3 Å². The van der Waals surface area contributed by atoms with Crippen LogP contribution in [0, 0.1) is 0 Å². The number of aromatic nitrogens is 5. The highest BCUT2D eigenvalue weighted by Gasteiger charge is 2.34. The van der Waals surface area contributed by atoms with E-state index in [2.05, 4.69) is 26.9 Å². The number of hydrogen-bond acceptors (Lipinski definition) is 8. The monoisotopic (exact) mass is 466 g/mol. The zero-order chi connectivity index (χ0) is 23.1. The fourth-order valence-corrected chi connectivity index (χ4v) is 5.20. The van der Waals surface area contributed by atoms with Crippen molar-refractivity contribution < 1.29 is 9.53 Å². The van der Waals surface area contributed by atoms with Crippen LogP contribution in [0.5, 0.6) is 0 Å². The molecule has 5 aromatic rings. The number of anilines is 1. The number of rotatable bonds is 4. The van der Waals surface area contributed by atoms with Crippen molar-refractivity contribution in [3.8, 4) is 0 Å². The Kier molecular flexibility index (Phi) is 4.88. The molecule has 2 aromatic heterocycles. The van der Waals surface area contributed by atoms with Gasteiger partial charge < -0.3 is 10.1 Å². The van der Waals surface area contributed by atoms with Gasteiger partial charge in [-0.15, -0.1) is 11.3 Å². The van der Waals surface area contributed by atoms with Crippen LogP contribution in [-0.4, -0.2) is 38.3 Å². The Labute approximate surface area is 198 Å². The number of tetrazole rings is 1. The molecule has 166 valence electrons. The molecule has 8 nitrogen and oxygen atoms in total. The molecule has 0 bridgehead atoms. The SMILES string of the molecule is COC(=O)c1ccc([C@@H]2C(c3nc4ccccc4s3)=C(c3ccccc3)Nc3nnnn32)cc1. The van der Waals surface area contributed by atoms with Crippen molar-refractivity contribution >= 4 is 44.7 Å². The molecule has 1 aliphatic heterocycles. The van der Waals surface area contributed by atoms with Gasteiger partial charge in [0.1, 0.15) is 11.0 Å².